The predicted molar refractivity (Wildman–Crippen MR) is 84.7 cm³/mol. The van der Waals surface area contributed by atoms with Gasteiger partial charge in [0.2, 0.25) is 0 Å². The lowest BCUT2D eigenvalue weighted by Crippen LogP contribution is -2.29. The van der Waals surface area contributed by atoms with Crippen LogP contribution in [0.5, 0.6) is 0 Å². The Morgan fingerprint density at radius 3 is 2.86 bits per heavy atom. The standard InChI is InChI=1S/C17H24N2O2/c1-2-21-17(20)10-7-14-5-8-15(9-6-14)16-4-3-12-19(16)13-11-18/h5-10,16H,2-4,11-13,18H2,1H3. The first-order valence-corrected chi connectivity index (χ1v) is 7.63. The molecule has 4 heteroatoms. The summed E-state index contributed by atoms with van der Waals surface area (Å²) in [5.41, 5.74) is 8.01. The van der Waals surface area contributed by atoms with Crippen molar-refractivity contribution in [3.8, 4) is 0 Å². The maximum absolute atomic E-state index is 11.3. The van der Waals surface area contributed by atoms with Crippen molar-refractivity contribution < 1.29 is 9.53 Å². The van der Waals surface area contributed by atoms with E-state index in [2.05, 4.69) is 17.0 Å². The molecule has 2 N–H and O–H groups in total. The van der Waals surface area contributed by atoms with Gasteiger partial charge in [-0.2, -0.15) is 0 Å². The summed E-state index contributed by atoms with van der Waals surface area (Å²) in [6.45, 7) is 4.99. The largest absolute Gasteiger partial charge is 0.463 e. The highest BCUT2D eigenvalue weighted by Gasteiger charge is 2.24. The molecule has 1 aliphatic heterocycles. The zero-order valence-electron chi connectivity index (χ0n) is 12.6. The third kappa shape index (κ3) is 4.41. The van der Waals surface area contributed by atoms with Crippen LogP contribution >= 0.6 is 0 Å². The number of esters is 1. The Bertz CT molecular complexity index is 482. The number of ether oxygens (including phenoxy) is 1. The third-order valence-electron chi connectivity index (χ3n) is 3.80. The molecule has 1 unspecified atom stereocenters. The molecular weight excluding hydrogens is 264 g/mol. The van der Waals surface area contributed by atoms with Crippen LogP contribution in [0.2, 0.25) is 0 Å². The summed E-state index contributed by atoms with van der Waals surface area (Å²) < 4.78 is 4.87. The Balaban J connectivity index is 2.00. The molecule has 0 aliphatic carbocycles. The van der Waals surface area contributed by atoms with Crippen LogP contribution in [-0.2, 0) is 9.53 Å². The number of carbonyl (C=O) groups is 1. The lowest BCUT2D eigenvalue weighted by atomic mass is 10.0. The molecule has 1 fully saturated rings. The molecule has 1 saturated heterocycles. The van der Waals surface area contributed by atoms with Crippen molar-refractivity contribution in [1.82, 2.24) is 4.90 Å². The molecule has 114 valence electrons. The van der Waals surface area contributed by atoms with Crippen LogP contribution in [0.25, 0.3) is 6.08 Å². The molecule has 0 aromatic heterocycles. The Morgan fingerprint density at radius 2 is 2.19 bits per heavy atom. The Morgan fingerprint density at radius 1 is 1.43 bits per heavy atom. The second-order valence-electron chi connectivity index (χ2n) is 5.23. The van der Waals surface area contributed by atoms with Gasteiger partial charge in [-0.05, 0) is 43.5 Å². The first-order valence-electron chi connectivity index (χ1n) is 7.63. The van der Waals surface area contributed by atoms with Gasteiger partial charge in [-0.15, -0.1) is 0 Å². The summed E-state index contributed by atoms with van der Waals surface area (Å²) in [6.07, 6.45) is 5.68. The zero-order chi connectivity index (χ0) is 15.1. The molecule has 1 aromatic carbocycles. The van der Waals surface area contributed by atoms with Crippen LogP contribution in [0, 0.1) is 0 Å². The quantitative estimate of drug-likeness (QED) is 0.645. The fourth-order valence-electron chi connectivity index (χ4n) is 2.82. The van der Waals surface area contributed by atoms with E-state index in [1.54, 1.807) is 13.0 Å². The van der Waals surface area contributed by atoms with Crippen LogP contribution in [0.1, 0.15) is 36.9 Å². The number of benzene rings is 1. The average Bonchev–Trinajstić information content (AvgIpc) is 2.95. The fourth-order valence-corrected chi connectivity index (χ4v) is 2.82. The van der Waals surface area contributed by atoms with Crippen molar-refractivity contribution in [3.63, 3.8) is 0 Å². The van der Waals surface area contributed by atoms with E-state index < -0.39 is 0 Å². The zero-order valence-corrected chi connectivity index (χ0v) is 12.6. The molecule has 0 spiro atoms. The minimum Gasteiger partial charge on any atom is -0.463 e. The maximum Gasteiger partial charge on any atom is 0.330 e. The molecule has 1 aliphatic rings. The molecular formula is C17H24N2O2. The van der Waals surface area contributed by atoms with Crippen molar-refractivity contribution in [3.05, 3.63) is 41.5 Å². The summed E-state index contributed by atoms with van der Waals surface area (Å²) in [5.74, 6) is -0.300. The summed E-state index contributed by atoms with van der Waals surface area (Å²) in [4.78, 5) is 13.7. The molecule has 1 heterocycles. The Hall–Kier alpha value is -1.65. The van der Waals surface area contributed by atoms with E-state index in [-0.39, 0.29) is 5.97 Å². The summed E-state index contributed by atoms with van der Waals surface area (Å²) in [6, 6.07) is 8.86. The number of carbonyl (C=O) groups excluding carboxylic acids is 1. The highest BCUT2D eigenvalue weighted by Crippen LogP contribution is 2.31. The van der Waals surface area contributed by atoms with Gasteiger partial charge in [0.05, 0.1) is 6.61 Å². The van der Waals surface area contributed by atoms with Gasteiger partial charge >= 0.3 is 5.97 Å². The number of hydrogen-bond acceptors (Lipinski definition) is 4. The Kier molecular flexibility index (Phi) is 5.96. The molecule has 4 nitrogen and oxygen atoms in total. The van der Waals surface area contributed by atoms with Crippen LogP contribution < -0.4 is 5.73 Å². The van der Waals surface area contributed by atoms with E-state index >= 15 is 0 Å². The van der Waals surface area contributed by atoms with Crippen molar-refractivity contribution in [2.24, 2.45) is 5.73 Å². The minimum atomic E-state index is -0.300. The number of hydrogen-bond donors (Lipinski definition) is 1. The van der Waals surface area contributed by atoms with Crippen molar-refractivity contribution in [2.75, 3.05) is 26.2 Å². The van der Waals surface area contributed by atoms with E-state index in [9.17, 15) is 4.79 Å². The lowest BCUT2D eigenvalue weighted by Gasteiger charge is -2.24. The first kappa shape index (κ1) is 15.7. The lowest BCUT2D eigenvalue weighted by molar-refractivity contribution is -0.137. The van der Waals surface area contributed by atoms with Crippen molar-refractivity contribution >= 4 is 12.0 Å². The van der Waals surface area contributed by atoms with Gasteiger partial charge in [-0.25, -0.2) is 4.79 Å². The molecule has 0 radical (unpaired) electrons. The van der Waals surface area contributed by atoms with Crippen LogP contribution in [-0.4, -0.2) is 37.1 Å². The summed E-state index contributed by atoms with van der Waals surface area (Å²) >= 11 is 0. The number of likely N-dealkylation sites (tertiary alicyclic amines) is 1. The first-order chi connectivity index (χ1) is 10.2. The normalized spacial score (nSPS) is 19.2. The summed E-state index contributed by atoms with van der Waals surface area (Å²) in [7, 11) is 0. The SMILES string of the molecule is CCOC(=O)C=Cc1ccc(C2CCCN2CCN)cc1. The molecule has 2 rings (SSSR count). The average molecular weight is 288 g/mol. The number of rotatable bonds is 6. The topological polar surface area (TPSA) is 55.6 Å². The Labute approximate surface area is 126 Å². The minimum absolute atomic E-state index is 0.300. The van der Waals surface area contributed by atoms with Crippen LogP contribution in [0.4, 0.5) is 0 Å². The molecule has 0 amide bonds. The molecule has 0 bridgehead atoms. The van der Waals surface area contributed by atoms with Crippen molar-refractivity contribution in [2.45, 2.75) is 25.8 Å². The van der Waals surface area contributed by atoms with Gasteiger partial charge < -0.3 is 10.5 Å². The van der Waals surface area contributed by atoms with Crippen molar-refractivity contribution in [1.29, 1.82) is 0 Å². The fraction of sp³-hybridized carbons (Fsp3) is 0.471. The highest BCUT2D eigenvalue weighted by molar-refractivity contribution is 5.87. The molecule has 0 saturated carbocycles. The van der Waals surface area contributed by atoms with Crippen LogP contribution in [0.15, 0.2) is 30.3 Å². The smallest absolute Gasteiger partial charge is 0.330 e. The van der Waals surface area contributed by atoms with Gasteiger partial charge in [0.25, 0.3) is 0 Å². The van der Waals surface area contributed by atoms with Gasteiger partial charge in [0, 0.05) is 25.2 Å². The summed E-state index contributed by atoms with van der Waals surface area (Å²) in [5, 5.41) is 0. The van der Waals surface area contributed by atoms with E-state index in [1.807, 2.05) is 12.1 Å². The molecule has 1 atom stereocenters. The second-order valence-corrected chi connectivity index (χ2v) is 5.23. The highest BCUT2D eigenvalue weighted by atomic mass is 16.5. The number of nitrogens with zero attached hydrogens (tertiary/aromatic N) is 1. The molecule has 21 heavy (non-hydrogen) atoms. The third-order valence-corrected chi connectivity index (χ3v) is 3.80. The van der Waals surface area contributed by atoms with Gasteiger partial charge in [-0.1, -0.05) is 24.3 Å². The van der Waals surface area contributed by atoms with E-state index in [0.717, 1.165) is 18.7 Å². The molecule has 1 aromatic rings. The van der Waals surface area contributed by atoms with E-state index in [1.165, 1.54) is 24.5 Å². The maximum atomic E-state index is 11.3. The van der Waals surface area contributed by atoms with Gasteiger partial charge in [0.1, 0.15) is 0 Å². The monoisotopic (exact) mass is 288 g/mol. The van der Waals surface area contributed by atoms with Gasteiger partial charge in [-0.3, -0.25) is 4.90 Å². The van der Waals surface area contributed by atoms with Crippen LogP contribution in [0.3, 0.4) is 0 Å². The van der Waals surface area contributed by atoms with E-state index in [4.69, 9.17) is 10.5 Å². The predicted octanol–water partition coefficient (Wildman–Crippen LogP) is 2.36. The van der Waals surface area contributed by atoms with E-state index in [0.29, 0.717) is 19.2 Å². The second kappa shape index (κ2) is 7.96. The van der Waals surface area contributed by atoms with Gasteiger partial charge in [0.15, 0.2) is 0 Å². The number of nitrogens with two attached hydrogens (primary N) is 1.